The Hall–Kier alpha value is -3.80. The number of amides is 1. The highest BCUT2D eigenvalue weighted by Gasteiger charge is 2.11. The van der Waals surface area contributed by atoms with Gasteiger partial charge >= 0.3 is 0 Å². The van der Waals surface area contributed by atoms with E-state index in [4.69, 9.17) is 14.5 Å². The maximum absolute atomic E-state index is 12.3. The van der Waals surface area contributed by atoms with Crippen molar-refractivity contribution in [3.63, 3.8) is 0 Å². The number of carbonyl (C=O) groups excluding carboxylic acids is 1. The van der Waals surface area contributed by atoms with Gasteiger partial charge in [-0.1, -0.05) is 30.3 Å². The van der Waals surface area contributed by atoms with Gasteiger partial charge in [-0.2, -0.15) is 0 Å². The average molecular weight is 486 g/mol. The van der Waals surface area contributed by atoms with Crippen LogP contribution in [-0.2, 0) is 17.8 Å². The van der Waals surface area contributed by atoms with Gasteiger partial charge in [-0.15, -0.1) is 0 Å². The van der Waals surface area contributed by atoms with E-state index in [9.17, 15) is 4.79 Å². The minimum Gasteiger partial charge on any atom is -0.492 e. The van der Waals surface area contributed by atoms with Crippen LogP contribution in [0, 0.1) is 27.7 Å². The zero-order valence-corrected chi connectivity index (χ0v) is 21.6. The summed E-state index contributed by atoms with van der Waals surface area (Å²) in [6.45, 7) is 10.0. The van der Waals surface area contributed by atoms with Crippen LogP contribution >= 0.6 is 0 Å². The molecule has 4 rings (SSSR count). The van der Waals surface area contributed by atoms with Crippen LogP contribution in [0.15, 0.2) is 60.7 Å². The molecule has 0 bridgehead atoms. The number of fused-ring (bicyclic) bond motifs is 1. The molecule has 0 saturated carbocycles. The molecule has 3 aromatic carbocycles. The Morgan fingerprint density at radius 2 is 1.72 bits per heavy atom. The molecule has 0 aliphatic carbocycles. The van der Waals surface area contributed by atoms with Crippen LogP contribution in [0.5, 0.6) is 11.5 Å². The molecule has 1 N–H and O–H groups in total. The third kappa shape index (κ3) is 6.45. The van der Waals surface area contributed by atoms with Crippen molar-refractivity contribution < 1.29 is 14.3 Å². The van der Waals surface area contributed by atoms with Crippen molar-refractivity contribution in [2.24, 2.45) is 0 Å². The van der Waals surface area contributed by atoms with Crippen molar-refractivity contribution >= 4 is 16.9 Å². The van der Waals surface area contributed by atoms with E-state index in [1.54, 1.807) is 0 Å². The van der Waals surface area contributed by atoms with Gasteiger partial charge in [0.05, 0.1) is 17.6 Å². The first-order valence-electron chi connectivity index (χ1n) is 12.5. The first kappa shape index (κ1) is 25.3. The van der Waals surface area contributed by atoms with E-state index in [2.05, 4.69) is 41.9 Å². The molecule has 4 aromatic rings. The molecule has 1 aromatic heterocycles. The molecule has 0 spiro atoms. The Bertz CT molecular complexity index is 1340. The summed E-state index contributed by atoms with van der Waals surface area (Å²) >= 11 is 0. The van der Waals surface area contributed by atoms with Crippen LogP contribution in [0.2, 0.25) is 0 Å². The summed E-state index contributed by atoms with van der Waals surface area (Å²) in [5, 5.41) is 2.96. The van der Waals surface area contributed by atoms with Crippen molar-refractivity contribution in [2.75, 3.05) is 19.8 Å². The molecule has 6 heteroatoms. The molecule has 0 aliphatic rings. The number of imidazole rings is 1. The van der Waals surface area contributed by atoms with Crippen LogP contribution in [0.25, 0.3) is 11.0 Å². The summed E-state index contributed by atoms with van der Waals surface area (Å²) in [7, 11) is 0. The Morgan fingerprint density at radius 1 is 0.917 bits per heavy atom. The summed E-state index contributed by atoms with van der Waals surface area (Å²) in [5.74, 6) is 2.52. The van der Waals surface area contributed by atoms with Crippen molar-refractivity contribution in [1.29, 1.82) is 0 Å². The predicted molar refractivity (Wildman–Crippen MR) is 144 cm³/mol. The first-order chi connectivity index (χ1) is 17.4. The van der Waals surface area contributed by atoms with E-state index in [1.165, 1.54) is 11.1 Å². The number of nitrogens with one attached hydrogen (secondary N) is 1. The van der Waals surface area contributed by atoms with Gasteiger partial charge in [0.25, 0.3) is 5.91 Å². The van der Waals surface area contributed by atoms with E-state index < -0.39 is 0 Å². The molecular weight excluding hydrogens is 450 g/mol. The number of para-hydroxylation sites is 2. The minimum atomic E-state index is -0.119. The van der Waals surface area contributed by atoms with Crippen LogP contribution in [-0.4, -0.2) is 35.2 Å². The Balaban J connectivity index is 1.29. The minimum absolute atomic E-state index is 0.0125. The molecule has 0 aliphatic heterocycles. The summed E-state index contributed by atoms with van der Waals surface area (Å²) in [4.78, 5) is 17.1. The van der Waals surface area contributed by atoms with Gasteiger partial charge in [-0.25, -0.2) is 4.98 Å². The van der Waals surface area contributed by atoms with Gasteiger partial charge in [0.15, 0.2) is 6.61 Å². The second kappa shape index (κ2) is 11.8. The highest BCUT2D eigenvalue weighted by Crippen LogP contribution is 2.20. The van der Waals surface area contributed by atoms with Gasteiger partial charge in [-0.3, -0.25) is 4.79 Å². The number of carbonyl (C=O) groups is 1. The molecule has 188 valence electrons. The quantitative estimate of drug-likeness (QED) is 0.286. The van der Waals surface area contributed by atoms with Crippen molar-refractivity contribution in [3.8, 4) is 11.5 Å². The third-order valence-electron chi connectivity index (χ3n) is 6.40. The lowest BCUT2D eigenvalue weighted by molar-refractivity contribution is -0.123. The summed E-state index contributed by atoms with van der Waals surface area (Å²) < 4.78 is 14.0. The molecular formula is C30H35N3O3. The molecule has 36 heavy (non-hydrogen) atoms. The second-order valence-corrected chi connectivity index (χ2v) is 9.27. The summed E-state index contributed by atoms with van der Waals surface area (Å²) in [6.07, 6.45) is 1.55. The highest BCUT2D eigenvalue weighted by molar-refractivity contribution is 5.77. The summed E-state index contributed by atoms with van der Waals surface area (Å²) in [6, 6.07) is 20.3. The number of nitrogens with zero attached hydrogens (tertiary/aromatic N) is 2. The van der Waals surface area contributed by atoms with Gasteiger partial charge in [0.1, 0.15) is 23.9 Å². The monoisotopic (exact) mass is 485 g/mol. The Morgan fingerprint density at radius 3 is 2.56 bits per heavy atom. The fourth-order valence-electron chi connectivity index (χ4n) is 4.16. The van der Waals surface area contributed by atoms with Crippen LogP contribution in [0.3, 0.4) is 0 Å². The van der Waals surface area contributed by atoms with Gasteiger partial charge in [0, 0.05) is 13.0 Å². The average Bonchev–Trinajstić information content (AvgIpc) is 3.22. The zero-order chi connectivity index (χ0) is 25.5. The number of benzene rings is 3. The number of ether oxygens (including phenoxy) is 2. The lowest BCUT2D eigenvalue weighted by Gasteiger charge is -2.12. The molecule has 0 atom stereocenters. The number of aryl methyl sites for hydroxylation is 5. The molecule has 0 fully saturated rings. The van der Waals surface area contributed by atoms with Gasteiger partial charge in [0.2, 0.25) is 0 Å². The highest BCUT2D eigenvalue weighted by atomic mass is 16.5. The molecule has 6 nitrogen and oxygen atoms in total. The lowest BCUT2D eigenvalue weighted by atomic mass is 10.1. The first-order valence-corrected chi connectivity index (χ1v) is 12.5. The Kier molecular flexibility index (Phi) is 8.26. The van der Waals surface area contributed by atoms with E-state index in [0.717, 1.165) is 52.3 Å². The topological polar surface area (TPSA) is 65.4 Å². The molecule has 0 radical (unpaired) electrons. The SMILES string of the molecule is Cc1ccc(C)c(OCC(=O)NCCCc2nc3ccccc3n2CCOc2ccc(C)c(C)c2)c1. The molecule has 1 heterocycles. The zero-order valence-electron chi connectivity index (χ0n) is 21.6. The fourth-order valence-corrected chi connectivity index (χ4v) is 4.16. The number of hydrogen-bond acceptors (Lipinski definition) is 4. The fraction of sp³-hybridized carbons (Fsp3) is 0.333. The van der Waals surface area contributed by atoms with E-state index in [0.29, 0.717) is 19.7 Å². The normalized spacial score (nSPS) is 11.0. The van der Waals surface area contributed by atoms with Gasteiger partial charge in [-0.05, 0) is 86.7 Å². The Labute approximate surface area is 213 Å². The second-order valence-electron chi connectivity index (χ2n) is 9.27. The van der Waals surface area contributed by atoms with E-state index >= 15 is 0 Å². The van der Waals surface area contributed by atoms with Crippen LogP contribution < -0.4 is 14.8 Å². The molecule has 1 amide bonds. The van der Waals surface area contributed by atoms with Crippen LogP contribution in [0.4, 0.5) is 0 Å². The maximum Gasteiger partial charge on any atom is 0.257 e. The van der Waals surface area contributed by atoms with Crippen molar-refractivity contribution in [1.82, 2.24) is 14.9 Å². The van der Waals surface area contributed by atoms with E-state index in [-0.39, 0.29) is 12.5 Å². The third-order valence-corrected chi connectivity index (χ3v) is 6.40. The lowest BCUT2D eigenvalue weighted by Crippen LogP contribution is -2.30. The smallest absolute Gasteiger partial charge is 0.257 e. The summed E-state index contributed by atoms with van der Waals surface area (Å²) in [5.41, 5.74) is 6.69. The molecule has 0 unspecified atom stereocenters. The molecule has 0 saturated heterocycles. The number of hydrogen-bond donors (Lipinski definition) is 1. The van der Waals surface area contributed by atoms with Gasteiger partial charge < -0.3 is 19.4 Å². The largest absolute Gasteiger partial charge is 0.492 e. The number of aromatic nitrogens is 2. The number of rotatable bonds is 11. The van der Waals surface area contributed by atoms with Crippen LogP contribution in [0.1, 0.15) is 34.5 Å². The van der Waals surface area contributed by atoms with E-state index in [1.807, 2.05) is 56.3 Å². The van der Waals surface area contributed by atoms with Crippen molar-refractivity contribution in [2.45, 2.75) is 47.1 Å². The van der Waals surface area contributed by atoms with Crippen molar-refractivity contribution in [3.05, 3.63) is 88.7 Å². The maximum atomic E-state index is 12.3. The predicted octanol–water partition coefficient (Wildman–Crippen LogP) is 5.48. The standard InChI is InChI=1S/C30H35N3O3/c1-21-11-12-23(3)28(18-21)36-20-30(34)31-15-7-10-29-32-26-8-5-6-9-27(26)33(29)16-17-35-25-14-13-22(2)24(4)19-25/h5-6,8-9,11-14,18-19H,7,10,15-17,20H2,1-4H3,(H,31,34).